The van der Waals surface area contributed by atoms with Crippen LogP contribution in [0.15, 0.2) is 352 Å². The van der Waals surface area contributed by atoms with Crippen molar-refractivity contribution in [2.75, 3.05) is 9.80 Å². The van der Waals surface area contributed by atoms with Gasteiger partial charge in [0.2, 0.25) is 0 Å². The molecule has 2 aliphatic rings. The predicted molar refractivity (Wildman–Crippen MR) is 424 cm³/mol. The average Bonchev–Trinajstić information content (AvgIpc) is 0.689. The Hall–Kier alpha value is -12.3. The highest BCUT2D eigenvalue weighted by Crippen LogP contribution is 2.56. The molecule has 2 nitrogen and oxygen atoms in total. The van der Waals surface area contributed by atoms with Gasteiger partial charge < -0.3 is 9.80 Å². The molecular formula is C96H67BN2. The Bertz CT molecular complexity index is 5860. The van der Waals surface area contributed by atoms with E-state index in [-0.39, 0.29) is 12.1 Å². The lowest BCUT2D eigenvalue weighted by Gasteiger charge is -2.46. The third kappa shape index (κ3) is 9.63. The second-order valence-corrected chi connectivity index (χ2v) is 27.9. The molecule has 0 aromatic heterocycles. The summed E-state index contributed by atoms with van der Waals surface area (Å²) in [5.74, 6) is 0. The monoisotopic (exact) mass is 1260 g/mol. The van der Waals surface area contributed by atoms with Crippen molar-refractivity contribution in [2.24, 2.45) is 0 Å². The zero-order valence-electron chi connectivity index (χ0n) is 55.5. The second kappa shape index (κ2) is 23.2. The summed E-state index contributed by atoms with van der Waals surface area (Å²) in [5, 5.41) is 10.2. The van der Waals surface area contributed by atoms with Crippen molar-refractivity contribution < 1.29 is 0 Å². The minimum atomic E-state index is -0.311. The molecule has 3 heteroatoms. The summed E-state index contributed by atoms with van der Waals surface area (Å²) in [4.78, 5) is 5.41. The molecule has 2 aliphatic heterocycles. The van der Waals surface area contributed by atoms with Crippen LogP contribution in [-0.2, 0) is 5.41 Å². The van der Waals surface area contributed by atoms with E-state index in [1.54, 1.807) is 0 Å². The summed E-state index contributed by atoms with van der Waals surface area (Å²) in [6.45, 7) is 6.95. The lowest BCUT2D eigenvalue weighted by atomic mass is 9.33. The number of anilines is 6. The smallest absolute Gasteiger partial charge is 0.252 e. The minimum Gasteiger partial charge on any atom is -0.310 e. The Morgan fingerprint density at radius 3 is 1.04 bits per heavy atom. The maximum absolute atomic E-state index is 2.72. The van der Waals surface area contributed by atoms with Crippen LogP contribution in [0.5, 0.6) is 0 Å². The van der Waals surface area contributed by atoms with Crippen LogP contribution < -0.4 is 26.2 Å². The van der Waals surface area contributed by atoms with Gasteiger partial charge in [0.1, 0.15) is 0 Å². The largest absolute Gasteiger partial charge is 0.310 e. The molecule has 0 saturated heterocycles. The van der Waals surface area contributed by atoms with Crippen molar-refractivity contribution in [3.05, 3.63) is 357 Å². The quantitative estimate of drug-likeness (QED) is 0.0765. The molecule has 0 radical (unpaired) electrons. The molecule has 464 valence electrons. The van der Waals surface area contributed by atoms with Crippen LogP contribution in [0.2, 0.25) is 0 Å². The Labute approximate surface area is 579 Å². The van der Waals surface area contributed by atoms with Gasteiger partial charge in [-0.3, -0.25) is 0 Å². The SMILES string of the molecule is CC(C)(C)c1cc2c3c(c1)N(c1c(-c4ccccc4)cc(-c4ccccc4)cc1-c1ccccc1)c1cc(-c4cc5cccc6c7cccc8cccc(c(c4)c56)c87)ccc1B3c1cc(-c3ccccc3)ccc1N2c1c(-c2ccccc2)cc(-c2ccccc2)cc1-c1ccccc1. The van der Waals surface area contributed by atoms with Gasteiger partial charge in [0.05, 0.1) is 11.4 Å². The Balaban J connectivity index is 0.978. The van der Waals surface area contributed by atoms with Gasteiger partial charge >= 0.3 is 0 Å². The molecule has 0 fully saturated rings. The van der Waals surface area contributed by atoms with E-state index in [1.165, 1.54) is 87.3 Å². The number of hydrogen-bond acceptors (Lipinski definition) is 2. The molecule has 0 bridgehead atoms. The van der Waals surface area contributed by atoms with Gasteiger partial charge in [0, 0.05) is 45.0 Å². The van der Waals surface area contributed by atoms with E-state index in [2.05, 4.69) is 382 Å². The fourth-order valence-electron chi connectivity index (χ4n) is 16.4. The number of rotatable bonds is 10. The van der Waals surface area contributed by atoms with E-state index in [0.29, 0.717) is 0 Å². The summed E-state index contributed by atoms with van der Waals surface area (Å²) in [6.07, 6.45) is 0. The fourth-order valence-corrected chi connectivity index (χ4v) is 16.4. The number of hydrogen-bond donors (Lipinski definition) is 0. The highest BCUT2D eigenvalue weighted by Gasteiger charge is 2.46. The standard InChI is InChI=1S/C96H67BN2/c1-96(2,3)76-60-89-93-90(61-76)99(95-82(67-38-21-9-22-39-67)55-75(64-32-15-6-16-33-64)56-83(95)68-40-23-10-24-41-68)88-59-71(73-52-72-44-27-46-78-77-45-25-42-69-43-26-47-79(91(69)77)84(57-73)92(72)78)48-50-85(88)97(93)86-58-70(62-28-11-4-12-29-62)49-51-87(86)98(89)94-80(65-34-17-7-18-35-65)53-74(63-30-13-5-14-31-63)54-81(94)66-36-19-8-20-37-66/h4-61H,1-3H3. The number of fused-ring (bicyclic) bond motifs is 6. The average molecular weight is 1260 g/mol. The number of benzene rings is 17. The highest BCUT2D eigenvalue weighted by molar-refractivity contribution is 7.00. The molecule has 19 rings (SSSR count). The minimum absolute atomic E-state index is 0.221. The molecule has 2 heterocycles. The number of nitrogens with zero attached hydrogens (tertiary/aromatic N) is 2. The normalized spacial score (nSPS) is 12.5. The van der Waals surface area contributed by atoms with Crippen LogP contribution in [0.1, 0.15) is 26.3 Å². The van der Waals surface area contributed by atoms with Crippen LogP contribution >= 0.6 is 0 Å². The van der Waals surface area contributed by atoms with E-state index >= 15 is 0 Å². The first-order valence-electron chi connectivity index (χ1n) is 34.7. The summed E-state index contributed by atoms with van der Waals surface area (Å²) < 4.78 is 0. The topological polar surface area (TPSA) is 6.48 Å². The van der Waals surface area contributed by atoms with Gasteiger partial charge in [-0.25, -0.2) is 0 Å². The predicted octanol–water partition coefficient (Wildman–Crippen LogP) is 24.5. The summed E-state index contributed by atoms with van der Waals surface area (Å²) in [5.41, 5.74) is 30.0. The van der Waals surface area contributed by atoms with Crippen LogP contribution in [-0.4, -0.2) is 6.71 Å². The Morgan fingerprint density at radius 2 is 0.596 bits per heavy atom. The zero-order valence-corrected chi connectivity index (χ0v) is 55.5. The summed E-state index contributed by atoms with van der Waals surface area (Å²) >= 11 is 0. The van der Waals surface area contributed by atoms with Gasteiger partial charge in [-0.05, 0) is 198 Å². The molecule has 0 unspecified atom stereocenters. The van der Waals surface area contributed by atoms with Crippen LogP contribution in [0.4, 0.5) is 34.1 Å². The van der Waals surface area contributed by atoms with Gasteiger partial charge in [0.15, 0.2) is 0 Å². The van der Waals surface area contributed by atoms with Crippen molar-refractivity contribution >= 4 is 100 Å². The molecule has 0 aliphatic carbocycles. The van der Waals surface area contributed by atoms with E-state index in [4.69, 9.17) is 0 Å². The molecule has 17 aromatic rings. The molecule has 99 heavy (non-hydrogen) atoms. The third-order valence-electron chi connectivity index (χ3n) is 21.1. The Kier molecular flexibility index (Phi) is 13.6. The van der Waals surface area contributed by atoms with Crippen molar-refractivity contribution in [1.29, 1.82) is 0 Å². The van der Waals surface area contributed by atoms with Gasteiger partial charge in [-0.2, -0.15) is 0 Å². The maximum atomic E-state index is 2.72. The zero-order chi connectivity index (χ0) is 65.9. The van der Waals surface area contributed by atoms with E-state index in [9.17, 15) is 0 Å². The van der Waals surface area contributed by atoms with Crippen molar-refractivity contribution in [2.45, 2.75) is 26.2 Å². The van der Waals surface area contributed by atoms with Crippen molar-refractivity contribution in [3.63, 3.8) is 0 Å². The fraction of sp³-hybridized carbons (Fsp3) is 0.0417. The summed E-state index contributed by atoms with van der Waals surface area (Å²) in [7, 11) is 0. The first-order valence-corrected chi connectivity index (χ1v) is 34.7. The van der Waals surface area contributed by atoms with Gasteiger partial charge in [-0.1, -0.05) is 312 Å². The molecule has 0 amide bonds. The highest BCUT2D eigenvalue weighted by atomic mass is 15.2. The van der Waals surface area contributed by atoms with E-state index in [0.717, 1.165) is 101 Å². The van der Waals surface area contributed by atoms with Gasteiger partial charge in [-0.15, -0.1) is 0 Å². The second-order valence-electron chi connectivity index (χ2n) is 27.9. The van der Waals surface area contributed by atoms with Crippen LogP contribution in [0, 0.1) is 0 Å². The molecule has 0 N–H and O–H groups in total. The first-order chi connectivity index (χ1) is 48.8. The lowest BCUT2D eigenvalue weighted by Crippen LogP contribution is -2.61. The molecule has 0 saturated carbocycles. The van der Waals surface area contributed by atoms with Crippen molar-refractivity contribution in [3.8, 4) is 89.0 Å². The van der Waals surface area contributed by atoms with Crippen molar-refractivity contribution in [1.82, 2.24) is 0 Å². The van der Waals surface area contributed by atoms with Crippen LogP contribution in [0.3, 0.4) is 0 Å². The molecule has 0 spiro atoms. The molecule has 0 atom stereocenters. The first kappa shape index (κ1) is 58.1. The van der Waals surface area contributed by atoms with Gasteiger partial charge in [0.25, 0.3) is 6.71 Å². The Morgan fingerprint density at radius 1 is 0.232 bits per heavy atom. The lowest BCUT2D eigenvalue weighted by molar-refractivity contribution is 0.590. The molecule has 17 aromatic carbocycles. The van der Waals surface area contributed by atoms with Crippen LogP contribution in [0.25, 0.3) is 132 Å². The van der Waals surface area contributed by atoms with E-state index < -0.39 is 0 Å². The van der Waals surface area contributed by atoms with E-state index in [1.807, 2.05) is 0 Å². The third-order valence-corrected chi connectivity index (χ3v) is 21.1. The maximum Gasteiger partial charge on any atom is 0.252 e. The summed E-state index contributed by atoms with van der Waals surface area (Å²) in [6, 6.07) is 133. The molecular weight excluding hydrogens is 1190 g/mol.